The fourth-order valence-corrected chi connectivity index (χ4v) is 4.13. The van der Waals surface area contributed by atoms with Gasteiger partial charge in [0.05, 0.1) is 26.5 Å². The van der Waals surface area contributed by atoms with Crippen molar-refractivity contribution in [2.24, 2.45) is 0 Å². The summed E-state index contributed by atoms with van der Waals surface area (Å²) < 4.78 is 46.2. The fraction of sp³-hybridized carbons (Fsp3) is 0.0833. The van der Waals surface area contributed by atoms with Crippen molar-refractivity contribution in [2.45, 2.75) is 12.8 Å². The van der Waals surface area contributed by atoms with Crippen LogP contribution < -0.4 is 4.74 Å². The van der Waals surface area contributed by atoms with Crippen LogP contribution in [0.15, 0.2) is 72.9 Å². The van der Waals surface area contributed by atoms with Crippen LogP contribution >= 0.6 is 23.2 Å². The molecule has 0 N–H and O–H groups in total. The standard InChI is InChI=1S/C24H14Cl2F3N3O/c25-18-5-3-6-19(26)22(18)32-23(33-13-14-8-10-15(11-9-14)24(27,28)29)17-12-30-20-7-2-1-4-16(20)21(17)31-32/h1-12H,13H2. The minimum atomic E-state index is -4.40. The number of benzene rings is 3. The second kappa shape index (κ2) is 8.24. The molecule has 2 heterocycles. The van der Waals surface area contributed by atoms with Crippen LogP contribution in [0, 0.1) is 0 Å². The average molecular weight is 488 g/mol. The first kappa shape index (κ1) is 21.6. The Bertz CT molecular complexity index is 1460. The quantitative estimate of drug-likeness (QED) is 0.263. The highest BCUT2D eigenvalue weighted by Crippen LogP contribution is 2.37. The molecule has 0 radical (unpaired) electrons. The van der Waals surface area contributed by atoms with Crippen molar-refractivity contribution >= 4 is 45.0 Å². The first-order valence-electron chi connectivity index (χ1n) is 9.83. The van der Waals surface area contributed by atoms with Crippen LogP contribution in [0.1, 0.15) is 11.1 Å². The summed E-state index contributed by atoms with van der Waals surface area (Å²) >= 11 is 12.9. The van der Waals surface area contributed by atoms with Crippen molar-refractivity contribution < 1.29 is 17.9 Å². The lowest BCUT2D eigenvalue weighted by Gasteiger charge is -2.13. The lowest BCUT2D eigenvalue weighted by atomic mass is 10.1. The number of hydrogen-bond donors (Lipinski definition) is 0. The molecule has 0 fully saturated rings. The molecular formula is C24H14Cl2F3N3O. The summed E-state index contributed by atoms with van der Waals surface area (Å²) in [6.45, 7) is 0.00777. The summed E-state index contributed by atoms with van der Waals surface area (Å²) in [7, 11) is 0. The van der Waals surface area contributed by atoms with E-state index in [2.05, 4.69) is 4.98 Å². The maximum absolute atomic E-state index is 12.9. The molecule has 0 aliphatic carbocycles. The molecule has 166 valence electrons. The molecule has 33 heavy (non-hydrogen) atoms. The van der Waals surface area contributed by atoms with Gasteiger partial charge in [0.1, 0.15) is 17.8 Å². The Kier molecular flexibility index (Phi) is 5.38. The topological polar surface area (TPSA) is 39.9 Å². The van der Waals surface area contributed by atoms with E-state index in [1.54, 1.807) is 24.4 Å². The molecule has 4 nitrogen and oxygen atoms in total. The molecule has 9 heteroatoms. The number of alkyl halides is 3. The van der Waals surface area contributed by atoms with Gasteiger partial charge < -0.3 is 4.74 Å². The smallest absolute Gasteiger partial charge is 0.416 e. The Morgan fingerprint density at radius 2 is 1.55 bits per heavy atom. The summed E-state index contributed by atoms with van der Waals surface area (Å²) in [5.74, 6) is 0.332. The second-order valence-corrected chi connectivity index (χ2v) is 8.12. The third-order valence-electron chi connectivity index (χ3n) is 5.18. The normalized spacial score (nSPS) is 11.9. The van der Waals surface area contributed by atoms with E-state index in [0.29, 0.717) is 38.1 Å². The van der Waals surface area contributed by atoms with E-state index in [0.717, 1.165) is 23.0 Å². The van der Waals surface area contributed by atoms with Crippen LogP contribution in [0.5, 0.6) is 5.88 Å². The molecule has 0 atom stereocenters. The number of nitrogens with zero attached hydrogens (tertiary/aromatic N) is 3. The summed E-state index contributed by atoms with van der Waals surface area (Å²) in [5.41, 5.74) is 1.67. The monoisotopic (exact) mass is 487 g/mol. The number of hydrogen-bond acceptors (Lipinski definition) is 3. The van der Waals surface area contributed by atoms with Gasteiger partial charge in [0.25, 0.3) is 0 Å². The Morgan fingerprint density at radius 3 is 2.24 bits per heavy atom. The highest BCUT2D eigenvalue weighted by Gasteiger charge is 2.30. The molecule has 5 aromatic rings. The van der Waals surface area contributed by atoms with Crippen molar-refractivity contribution in [3.8, 4) is 11.6 Å². The summed E-state index contributed by atoms with van der Waals surface area (Å²) in [4.78, 5) is 4.49. The highest BCUT2D eigenvalue weighted by molar-refractivity contribution is 6.37. The summed E-state index contributed by atoms with van der Waals surface area (Å²) in [6, 6.07) is 17.4. The van der Waals surface area contributed by atoms with Crippen LogP contribution in [-0.2, 0) is 12.8 Å². The molecule has 0 unspecified atom stereocenters. The lowest BCUT2D eigenvalue weighted by Crippen LogP contribution is -2.06. The largest absolute Gasteiger partial charge is 0.472 e. The van der Waals surface area contributed by atoms with Crippen LogP contribution in [-0.4, -0.2) is 14.8 Å². The van der Waals surface area contributed by atoms with E-state index in [-0.39, 0.29) is 6.61 Å². The summed E-state index contributed by atoms with van der Waals surface area (Å²) in [6.07, 6.45) is -2.75. The van der Waals surface area contributed by atoms with Gasteiger partial charge in [-0.05, 0) is 35.9 Å². The van der Waals surface area contributed by atoms with Crippen LogP contribution in [0.25, 0.3) is 27.5 Å². The zero-order valence-corrected chi connectivity index (χ0v) is 18.3. The van der Waals surface area contributed by atoms with Crippen molar-refractivity contribution in [2.75, 3.05) is 0 Å². The van der Waals surface area contributed by atoms with Crippen molar-refractivity contribution in [3.63, 3.8) is 0 Å². The van der Waals surface area contributed by atoms with Gasteiger partial charge in [0.2, 0.25) is 5.88 Å². The first-order valence-corrected chi connectivity index (χ1v) is 10.6. The Hall–Kier alpha value is -3.29. The molecule has 0 saturated carbocycles. The van der Waals surface area contributed by atoms with Gasteiger partial charge in [-0.1, -0.05) is 59.6 Å². The van der Waals surface area contributed by atoms with E-state index in [4.69, 9.17) is 33.0 Å². The van der Waals surface area contributed by atoms with E-state index in [1.165, 1.54) is 16.8 Å². The number of para-hydroxylation sites is 2. The predicted molar refractivity (Wildman–Crippen MR) is 122 cm³/mol. The number of rotatable bonds is 4. The van der Waals surface area contributed by atoms with Gasteiger partial charge >= 0.3 is 6.18 Å². The highest BCUT2D eigenvalue weighted by atomic mass is 35.5. The van der Waals surface area contributed by atoms with Gasteiger partial charge in [-0.2, -0.15) is 23.0 Å². The molecule has 0 aliphatic heterocycles. The molecule has 2 aromatic heterocycles. The maximum Gasteiger partial charge on any atom is 0.416 e. The van der Waals surface area contributed by atoms with E-state index < -0.39 is 11.7 Å². The molecule has 0 spiro atoms. The zero-order chi connectivity index (χ0) is 23.2. The number of ether oxygens (including phenoxy) is 1. The Labute approximate surface area is 196 Å². The molecule has 3 aromatic carbocycles. The van der Waals surface area contributed by atoms with Crippen LogP contribution in [0.3, 0.4) is 0 Å². The van der Waals surface area contributed by atoms with Crippen molar-refractivity contribution in [3.05, 3.63) is 94.1 Å². The zero-order valence-electron chi connectivity index (χ0n) is 16.8. The van der Waals surface area contributed by atoms with E-state index in [1.807, 2.05) is 24.3 Å². The van der Waals surface area contributed by atoms with Crippen LogP contribution in [0.2, 0.25) is 10.0 Å². The number of aromatic nitrogens is 3. The Morgan fingerprint density at radius 1 is 0.848 bits per heavy atom. The predicted octanol–water partition coefficient (Wildman–Crippen LogP) is 7.48. The minimum Gasteiger partial charge on any atom is -0.472 e. The van der Waals surface area contributed by atoms with E-state index in [9.17, 15) is 13.2 Å². The number of pyridine rings is 1. The first-order chi connectivity index (χ1) is 15.8. The number of halogens is 5. The van der Waals surface area contributed by atoms with Gasteiger partial charge in [0.15, 0.2) is 0 Å². The SMILES string of the molecule is FC(F)(F)c1ccc(COc2c3cnc4ccccc4c3nn2-c2c(Cl)cccc2Cl)cc1. The van der Waals surface area contributed by atoms with Gasteiger partial charge in [-0.25, -0.2) is 0 Å². The third-order valence-corrected chi connectivity index (χ3v) is 5.79. The van der Waals surface area contributed by atoms with Gasteiger partial charge in [-0.3, -0.25) is 4.98 Å². The lowest BCUT2D eigenvalue weighted by molar-refractivity contribution is -0.137. The molecule has 0 amide bonds. The molecule has 0 bridgehead atoms. The van der Waals surface area contributed by atoms with E-state index >= 15 is 0 Å². The summed E-state index contributed by atoms with van der Waals surface area (Å²) in [5, 5.41) is 6.90. The second-order valence-electron chi connectivity index (χ2n) is 7.31. The molecule has 0 saturated heterocycles. The van der Waals surface area contributed by atoms with Gasteiger partial charge in [0, 0.05) is 11.6 Å². The molecule has 0 aliphatic rings. The average Bonchev–Trinajstić information content (AvgIpc) is 3.16. The maximum atomic E-state index is 12.9. The van der Waals surface area contributed by atoms with Crippen LogP contribution in [0.4, 0.5) is 13.2 Å². The minimum absolute atomic E-state index is 0.00777. The van der Waals surface area contributed by atoms with Crippen molar-refractivity contribution in [1.29, 1.82) is 0 Å². The Balaban J connectivity index is 1.63. The fourth-order valence-electron chi connectivity index (χ4n) is 3.57. The molecule has 5 rings (SSSR count). The van der Waals surface area contributed by atoms with Crippen molar-refractivity contribution in [1.82, 2.24) is 14.8 Å². The van der Waals surface area contributed by atoms with Gasteiger partial charge in [-0.15, -0.1) is 0 Å². The molecular weight excluding hydrogens is 474 g/mol. The number of fused-ring (bicyclic) bond motifs is 3. The third kappa shape index (κ3) is 3.98.